The summed E-state index contributed by atoms with van der Waals surface area (Å²) in [7, 11) is 0. The van der Waals surface area contributed by atoms with Crippen LogP contribution in [0, 0.1) is 0 Å². The Labute approximate surface area is 114 Å². The van der Waals surface area contributed by atoms with Gasteiger partial charge in [-0.3, -0.25) is 0 Å². The zero-order chi connectivity index (χ0) is 13.7. The Balaban J connectivity index is 1.91. The van der Waals surface area contributed by atoms with E-state index in [1.165, 1.54) is 12.8 Å². The van der Waals surface area contributed by atoms with Crippen LogP contribution >= 0.6 is 0 Å². The summed E-state index contributed by atoms with van der Waals surface area (Å²) < 4.78 is 0. The first kappa shape index (κ1) is 13.6. The van der Waals surface area contributed by atoms with Crippen LogP contribution in [-0.4, -0.2) is 30.1 Å². The van der Waals surface area contributed by atoms with Gasteiger partial charge in [-0.15, -0.1) is 0 Å². The van der Waals surface area contributed by atoms with E-state index < -0.39 is 0 Å². The maximum atomic E-state index is 5.76. The van der Waals surface area contributed by atoms with Crippen LogP contribution in [0.2, 0.25) is 0 Å². The van der Waals surface area contributed by atoms with Crippen molar-refractivity contribution in [2.75, 3.05) is 18.0 Å². The highest BCUT2D eigenvalue weighted by atomic mass is 15.2. The van der Waals surface area contributed by atoms with E-state index in [0.29, 0.717) is 18.5 Å². The molecule has 0 radical (unpaired) electrons. The van der Waals surface area contributed by atoms with Crippen molar-refractivity contribution in [3.05, 3.63) is 23.9 Å². The van der Waals surface area contributed by atoms with Gasteiger partial charge in [0.1, 0.15) is 5.82 Å². The highest BCUT2D eigenvalue weighted by Gasteiger charge is 2.12. The molecule has 0 bridgehead atoms. The van der Waals surface area contributed by atoms with Crippen LogP contribution in [0.5, 0.6) is 0 Å². The molecule has 3 N–H and O–H groups in total. The molecule has 2 heterocycles. The van der Waals surface area contributed by atoms with Crippen molar-refractivity contribution >= 4 is 11.8 Å². The zero-order valence-electron chi connectivity index (χ0n) is 11.8. The van der Waals surface area contributed by atoms with Crippen LogP contribution in [0.3, 0.4) is 0 Å². The molecule has 0 amide bonds. The molecule has 0 saturated carbocycles. The third kappa shape index (κ3) is 4.12. The lowest BCUT2D eigenvalue weighted by Crippen LogP contribution is -2.36. The van der Waals surface area contributed by atoms with Gasteiger partial charge in [-0.2, -0.15) is 0 Å². The summed E-state index contributed by atoms with van der Waals surface area (Å²) in [6, 6.07) is 4.45. The minimum Gasteiger partial charge on any atom is -0.370 e. The third-order valence-electron chi connectivity index (χ3n) is 3.11. The largest absolute Gasteiger partial charge is 0.370 e. The van der Waals surface area contributed by atoms with Gasteiger partial charge in [-0.25, -0.2) is 9.98 Å². The number of rotatable bonds is 4. The summed E-state index contributed by atoms with van der Waals surface area (Å²) in [6.07, 6.45) is 4.43. The number of pyridine rings is 1. The standard InChI is InChI=1S/C14H23N5/c1-11(2)18-14(15)17-10-12-5-6-13(16-9-12)19-7-3-4-8-19/h5-6,9,11H,3-4,7-8,10H2,1-2H3,(H3,15,17,18). The topological polar surface area (TPSA) is 66.5 Å². The molecular formula is C14H23N5. The Hall–Kier alpha value is -1.78. The van der Waals surface area contributed by atoms with Crippen LogP contribution < -0.4 is 16.0 Å². The molecule has 2 rings (SSSR count). The van der Waals surface area contributed by atoms with E-state index in [-0.39, 0.29) is 0 Å². The molecule has 5 heteroatoms. The van der Waals surface area contributed by atoms with Crippen LogP contribution in [0.4, 0.5) is 5.82 Å². The predicted octanol–water partition coefficient (Wildman–Crippen LogP) is 1.49. The molecule has 1 fully saturated rings. The monoisotopic (exact) mass is 261 g/mol. The van der Waals surface area contributed by atoms with Crippen molar-refractivity contribution < 1.29 is 0 Å². The van der Waals surface area contributed by atoms with Gasteiger partial charge >= 0.3 is 0 Å². The van der Waals surface area contributed by atoms with Crippen molar-refractivity contribution in [1.82, 2.24) is 10.3 Å². The minimum absolute atomic E-state index is 0.305. The fourth-order valence-corrected chi connectivity index (χ4v) is 2.16. The van der Waals surface area contributed by atoms with E-state index in [4.69, 9.17) is 5.73 Å². The van der Waals surface area contributed by atoms with Crippen molar-refractivity contribution in [3.63, 3.8) is 0 Å². The van der Waals surface area contributed by atoms with E-state index >= 15 is 0 Å². The van der Waals surface area contributed by atoms with E-state index in [0.717, 1.165) is 24.5 Å². The van der Waals surface area contributed by atoms with Gasteiger partial charge in [0.05, 0.1) is 6.54 Å². The van der Waals surface area contributed by atoms with Crippen molar-refractivity contribution in [3.8, 4) is 0 Å². The number of nitrogens with zero attached hydrogens (tertiary/aromatic N) is 3. The number of aliphatic imine (C=N–C) groups is 1. The lowest BCUT2D eigenvalue weighted by molar-refractivity contribution is 0.723. The molecule has 0 aromatic carbocycles. The molecule has 1 saturated heterocycles. The van der Waals surface area contributed by atoms with Crippen LogP contribution in [0.15, 0.2) is 23.3 Å². The lowest BCUT2D eigenvalue weighted by Gasteiger charge is -2.16. The molecular weight excluding hydrogens is 238 g/mol. The number of nitrogens with two attached hydrogens (primary N) is 1. The summed E-state index contributed by atoms with van der Waals surface area (Å²) in [4.78, 5) is 11.1. The SMILES string of the molecule is CC(C)NC(N)=NCc1ccc(N2CCCC2)nc1. The van der Waals surface area contributed by atoms with Gasteiger partial charge in [0.2, 0.25) is 0 Å². The van der Waals surface area contributed by atoms with E-state index in [1.54, 1.807) is 0 Å². The molecule has 1 aliphatic heterocycles. The Morgan fingerprint density at radius 2 is 2.16 bits per heavy atom. The fraction of sp³-hybridized carbons (Fsp3) is 0.571. The first-order chi connectivity index (χ1) is 9.15. The van der Waals surface area contributed by atoms with E-state index in [1.807, 2.05) is 20.0 Å². The van der Waals surface area contributed by atoms with Gasteiger partial charge in [0, 0.05) is 25.3 Å². The predicted molar refractivity (Wildman–Crippen MR) is 79.3 cm³/mol. The van der Waals surface area contributed by atoms with Crippen molar-refractivity contribution in [2.24, 2.45) is 10.7 Å². The van der Waals surface area contributed by atoms with E-state index in [9.17, 15) is 0 Å². The summed E-state index contributed by atoms with van der Waals surface area (Å²) in [6.45, 7) is 6.88. The summed E-state index contributed by atoms with van der Waals surface area (Å²) in [5.41, 5.74) is 6.84. The van der Waals surface area contributed by atoms with Crippen LogP contribution in [0.1, 0.15) is 32.3 Å². The highest BCUT2D eigenvalue weighted by Crippen LogP contribution is 2.17. The second kappa shape index (κ2) is 6.41. The number of guanidine groups is 1. The van der Waals surface area contributed by atoms with Gasteiger partial charge in [-0.1, -0.05) is 6.07 Å². The number of hydrogen-bond donors (Lipinski definition) is 2. The second-order valence-electron chi connectivity index (χ2n) is 5.22. The second-order valence-corrected chi connectivity index (χ2v) is 5.22. The Morgan fingerprint density at radius 1 is 1.42 bits per heavy atom. The highest BCUT2D eigenvalue weighted by molar-refractivity contribution is 5.78. The third-order valence-corrected chi connectivity index (χ3v) is 3.11. The molecule has 0 atom stereocenters. The van der Waals surface area contributed by atoms with Crippen LogP contribution in [0.25, 0.3) is 0 Å². The Bertz CT molecular complexity index is 418. The summed E-state index contributed by atoms with van der Waals surface area (Å²) >= 11 is 0. The first-order valence-electron chi connectivity index (χ1n) is 6.91. The number of hydrogen-bond acceptors (Lipinski definition) is 3. The molecule has 1 aliphatic rings. The van der Waals surface area contributed by atoms with Crippen LogP contribution in [-0.2, 0) is 6.54 Å². The number of anilines is 1. The maximum Gasteiger partial charge on any atom is 0.189 e. The summed E-state index contributed by atoms with van der Waals surface area (Å²) in [5.74, 6) is 1.55. The molecule has 0 aliphatic carbocycles. The smallest absolute Gasteiger partial charge is 0.189 e. The minimum atomic E-state index is 0.305. The first-order valence-corrected chi connectivity index (χ1v) is 6.91. The van der Waals surface area contributed by atoms with Gasteiger partial charge in [0.15, 0.2) is 5.96 Å². The fourth-order valence-electron chi connectivity index (χ4n) is 2.16. The molecule has 104 valence electrons. The summed E-state index contributed by atoms with van der Waals surface area (Å²) in [5, 5.41) is 3.07. The quantitative estimate of drug-likeness (QED) is 0.636. The molecule has 0 unspecified atom stereocenters. The lowest BCUT2D eigenvalue weighted by atomic mass is 10.3. The number of nitrogens with one attached hydrogen (secondary N) is 1. The molecule has 0 spiro atoms. The molecule has 5 nitrogen and oxygen atoms in total. The number of aromatic nitrogens is 1. The molecule has 19 heavy (non-hydrogen) atoms. The zero-order valence-corrected chi connectivity index (χ0v) is 11.8. The van der Waals surface area contributed by atoms with Gasteiger partial charge in [0.25, 0.3) is 0 Å². The Kier molecular flexibility index (Phi) is 4.60. The normalized spacial score (nSPS) is 16.2. The molecule has 1 aromatic rings. The van der Waals surface area contributed by atoms with Gasteiger partial charge in [-0.05, 0) is 38.3 Å². The van der Waals surface area contributed by atoms with E-state index in [2.05, 4.69) is 32.3 Å². The maximum absolute atomic E-state index is 5.76. The molecule has 1 aromatic heterocycles. The van der Waals surface area contributed by atoms with Gasteiger partial charge < -0.3 is 16.0 Å². The average Bonchev–Trinajstić information content (AvgIpc) is 2.90. The average molecular weight is 261 g/mol. The van der Waals surface area contributed by atoms with Crippen molar-refractivity contribution in [2.45, 2.75) is 39.3 Å². The Morgan fingerprint density at radius 3 is 2.74 bits per heavy atom. The van der Waals surface area contributed by atoms with Crippen molar-refractivity contribution in [1.29, 1.82) is 0 Å².